The number of aromatic nitrogens is 1. The van der Waals surface area contributed by atoms with Crippen molar-refractivity contribution in [2.75, 3.05) is 26.1 Å². The second-order valence-electron chi connectivity index (χ2n) is 9.27. The predicted octanol–water partition coefficient (Wildman–Crippen LogP) is 5.47. The highest BCUT2D eigenvalue weighted by molar-refractivity contribution is 5.93. The summed E-state index contributed by atoms with van der Waals surface area (Å²) >= 11 is 0. The van der Waals surface area contributed by atoms with Crippen LogP contribution in [0.3, 0.4) is 0 Å². The number of amides is 1. The molecular formula is C29H34N2O7. The SMILES string of the molecule is CCOC(=O)CCn1cc(Cc2ccc(C(=O)OC)cc2OC)c2cc(NC(=O)OC3CCCC3)ccc21. The van der Waals surface area contributed by atoms with Crippen molar-refractivity contribution in [3.63, 3.8) is 0 Å². The lowest BCUT2D eigenvalue weighted by molar-refractivity contribution is -0.143. The fourth-order valence-corrected chi connectivity index (χ4v) is 4.86. The second-order valence-corrected chi connectivity index (χ2v) is 9.27. The summed E-state index contributed by atoms with van der Waals surface area (Å²) in [6, 6.07) is 10.9. The number of methoxy groups -OCH3 is 2. The molecule has 1 fully saturated rings. The molecule has 0 unspecified atom stereocenters. The number of nitrogens with one attached hydrogen (secondary N) is 1. The van der Waals surface area contributed by atoms with Crippen molar-refractivity contribution in [1.29, 1.82) is 0 Å². The van der Waals surface area contributed by atoms with E-state index in [1.54, 1.807) is 26.2 Å². The predicted molar refractivity (Wildman–Crippen MR) is 143 cm³/mol. The minimum absolute atomic E-state index is 0.0290. The summed E-state index contributed by atoms with van der Waals surface area (Å²) in [5.74, 6) is -0.135. The lowest BCUT2D eigenvalue weighted by Crippen LogP contribution is -2.20. The van der Waals surface area contributed by atoms with Gasteiger partial charge >= 0.3 is 18.0 Å². The summed E-state index contributed by atoms with van der Waals surface area (Å²) in [6.45, 7) is 2.57. The summed E-state index contributed by atoms with van der Waals surface area (Å²) in [5.41, 5.74) is 3.80. The molecule has 1 heterocycles. The van der Waals surface area contributed by atoms with E-state index < -0.39 is 12.1 Å². The molecule has 0 atom stereocenters. The summed E-state index contributed by atoms with van der Waals surface area (Å²) in [7, 11) is 2.89. The molecule has 1 saturated carbocycles. The number of rotatable bonds is 10. The van der Waals surface area contributed by atoms with E-state index in [0.717, 1.165) is 47.7 Å². The molecule has 0 radical (unpaired) electrons. The van der Waals surface area contributed by atoms with Gasteiger partial charge in [-0.2, -0.15) is 0 Å². The molecule has 1 amide bonds. The lowest BCUT2D eigenvalue weighted by atomic mass is 10.0. The third kappa shape index (κ3) is 6.45. The van der Waals surface area contributed by atoms with E-state index in [-0.39, 0.29) is 18.5 Å². The maximum absolute atomic E-state index is 12.5. The number of aryl methyl sites for hydroxylation is 1. The Morgan fingerprint density at radius 1 is 1.03 bits per heavy atom. The minimum Gasteiger partial charge on any atom is -0.496 e. The van der Waals surface area contributed by atoms with Gasteiger partial charge in [0.1, 0.15) is 11.9 Å². The first-order valence-corrected chi connectivity index (χ1v) is 12.9. The Morgan fingerprint density at radius 3 is 2.53 bits per heavy atom. The minimum atomic E-state index is -0.459. The number of hydrogen-bond acceptors (Lipinski definition) is 7. The van der Waals surface area contributed by atoms with Crippen LogP contribution in [-0.4, -0.2) is 49.5 Å². The normalized spacial score (nSPS) is 13.3. The zero-order chi connectivity index (χ0) is 27.1. The van der Waals surface area contributed by atoms with Gasteiger partial charge in [-0.15, -0.1) is 0 Å². The van der Waals surface area contributed by atoms with Crippen molar-refractivity contribution in [2.45, 2.75) is 58.1 Å². The van der Waals surface area contributed by atoms with Crippen molar-refractivity contribution < 1.29 is 33.3 Å². The third-order valence-electron chi connectivity index (χ3n) is 6.74. The van der Waals surface area contributed by atoms with Gasteiger partial charge < -0.3 is 23.5 Å². The summed E-state index contributed by atoms with van der Waals surface area (Å²) < 4.78 is 23.1. The first-order valence-electron chi connectivity index (χ1n) is 12.9. The molecular weight excluding hydrogens is 488 g/mol. The number of anilines is 1. The smallest absolute Gasteiger partial charge is 0.411 e. The van der Waals surface area contributed by atoms with E-state index >= 15 is 0 Å². The fourth-order valence-electron chi connectivity index (χ4n) is 4.86. The van der Waals surface area contributed by atoms with E-state index in [0.29, 0.717) is 36.6 Å². The number of carbonyl (C=O) groups excluding carboxylic acids is 3. The number of benzene rings is 2. The number of nitrogens with zero attached hydrogens (tertiary/aromatic N) is 1. The number of fused-ring (bicyclic) bond motifs is 1. The average Bonchev–Trinajstić information content (AvgIpc) is 3.55. The van der Waals surface area contributed by atoms with Gasteiger partial charge in [0.15, 0.2) is 0 Å². The summed E-state index contributed by atoms with van der Waals surface area (Å²) in [4.78, 5) is 36.5. The largest absolute Gasteiger partial charge is 0.496 e. The molecule has 4 rings (SSSR count). The van der Waals surface area contributed by atoms with E-state index in [1.165, 1.54) is 7.11 Å². The van der Waals surface area contributed by atoms with Gasteiger partial charge in [-0.1, -0.05) is 6.07 Å². The molecule has 0 saturated heterocycles. The first kappa shape index (κ1) is 27.0. The number of ether oxygens (including phenoxy) is 4. The molecule has 0 bridgehead atoms. The van der Waals surface area contributed by atoms with Crippen LogP contribution in [0.5, 0.6) is 5.75 Å². The Balaban J connectivity index is 1.63. The molecule has 3 aromatic rings. The lowest BCUT2D eigenvalue weighted by Gasteiger charge is -2.13. The summed E-state index contributed by atoms with van der Waals surface area (Å²) in [6.07, 6.45) is 6.21. The van der Waals surface area contributed by atoms with Gasteiger partial charge in [-0.3, -0.25) is 10.1 Å². The number of hydrogen-bond donors (Lipinski definition) is 1. The van der Waals surface area contributed by atoms with Crippen molar-refractivity contribution in [3.8, 4) is 5.75 Å². The van der Waals surface area contributed by atoms with E-state index in [9.17, 15) is 14.4 Å². The van der Waals surface area contributed by atoms with E-state index in [1.807, 2.05) is 35.0 Å². The molecule has 38 heavy (non-hydrogen) atoms. The summed E-state index contributed by atoms with van der Waals surface area (Å²) in [5, 5.41) is 3.78. The van der Waals surface area contributed by atoms with Crippen LogP contribution < -0.4 is 10.1 Å². The number of carbonyl (C=O) groups is 3. The van der Waals surface area contributed by atoms with Crippen LogP contribution in [0.15, 0.2) is 42.6 Å². The van der Waals surface area contributed by atoms with Crippen molar-refractivity contribution in [1.82, 2.24) is 4.57 Å². The van der Waals surface area contributed by atoms with Gasteiger partial charge in [-0.05, 0) is 74.1 Å². The van der Waals surface area contributed by atoms with Gasteiger partial charge in [0, 0.05) is 35.8 Å². The standard InChI is InChI=1S/C29H34N2O7/c1-4-37-27(32)13-14-31-18-21(15-19-9-10-20(28(33)36-3)16-26(19)35-2)24-17-22(11-12-25(24)31)30-29(34)38-23-7-5-6-8-23/h9-12,16-18,23H,4-8,13-15H2,1-3H3,(H,30,34). The van der Waals surface area contributed by atoms with Crippen molar-refractivity contribution in [3.05, 3.63) is 59.3 Å². The average molecular weight is 523 g/mol. The Morgan fingerprint density at radius 2 is 1.82 bits per heavy atom. The van der Waals surface area contributed by atoms with E-state index in [2.05, 4.69) is 5.32 Å². The fraction of sp³-hybridized carbons (Fsp3) is 0.414. The van der Waals surface area contributed by atoms with Crippen LogP contribution in [0, 0.1) is 0 Å². The van der Waals surface area contributed by atoms with Crippen LogP contribution >= 0.6 is 0 Å². The highest BCUT2D eigenvalue weighted by atomic mass is 16.6. The first-order chi connectivity index (χ1) is 18.4. The molecule has 0 spiro atoms. The van der Waals surface area contributed by atoms with Gasteiger partial charge in [0.2, 0.25) is 0 Å². The second kappa shape index (κ2) is 12.5. The Labute approximate surface area is 222 Å². The molecule has 9 nitrogen and oxygen atoms in total. The molecule has 2 aromatic carbocycles. The molecule has 1 aromatic heterocycles. The topological polar surface area (TPSA) is 105 Å². The molecule has 1 aliphatic rings. The number of esters is 2. The Bertz CT molecular complexity index is 1310. The quantitative estimate of drug-likeness (QED) is 0.278. The molecule has 1 N–H and O–H groups in total. The van der Waals surface area contributed by atoms with Crippen LogP contribution in [-0.2, 0) is 32.0 Å². The van der Waals surface area contributed by atoms with Crippen molar-refractivity contribution >= 4 is 34.6 Å². The van der Waals surface area contributed by atoms with Gasteiger partial charge in [-0.25, -0.2) is 9.59 Å². The van der Waals surface area contributed by atoms with Crippen LogP contribution in [0.1, 0.15) is 60.5 Å². The van der Waals surface area contributed by atoms with Crippen LogP contribution in [0.4, 0.5) is 10.5 Å². The highest BCUT2D eigenvalue weighted by Gasteiger charge is 2.20. The molecule has 1 aliphatic carbocycles. The molecule has 9 heteroatoms. The molecule has 0 aliphatic heterocycles. The van der Waals surface area contributed by atoms with Gasteiger partial charge in [0.05, 0.1) is 32.8 Å². The highest BCUT2D eigenvalue weighted by Crippen LogP contribution is 2.31. The molecule has 202 valence electrons. The maximum Gasteiger partial charge on any atom is 0.411 e. The van der Waals surface area contributed by atoms with Gasteiger partial charge in [0.25, 0.3) is 0 Å². The van der Waals surface area contributed by atoms with Crippen LogP contribution in [0.25, 0.3) is 10.9 Å². The zero-order valence-corrected chi connectivity index (χ0v) is 22.1. The third-order valence-corrected chi connectivity index (χ3v) is 6.74. The van der Waals surface area contributed by atoms with E-state index in [4.69, 9.17) is 18.9 Å². The monoisotopic (exact) mass is 522 g/mol. The van der Waals surface area contributed by atoms with Crippen molar-refractivity contribution in [2.24, 2.45) is 0 Å². The Hall–Kier alpha value is -4.01. The van der Waals surface area contributed by atoms with Crippen LogP contribution in [0.2, 0.25) is 0 Å². The zero-order valence-electron chi connectivity index (χ0n) is 22.1. The maximum atomic E-state index is 12.5. The Kier molecular flexibility index (Phi) is 8.89.